The van der Waals surface area contributed by atoms with E-state index < -0.39 is 0 Å². The maximum absolute atomic E-state index is 13.0. The lowest BCUT2D eigenvalue weighted by molar-refractivity contribution is 0.249. The number of rotatable bonds is 6. The minimum atomic E-state index is -0.192. The Morgan fingerprint density at radius 3 is 2.67 bits per heavy atom. The smallest absolute Gasteiger partial charge is 0.147 e. The van der Waals surface area contributed by atoms with Gasteiger partial charge in [0.05, 0.1) is 17.5 Å². The van der Waals surface area contributed by atoms with Gasteiger partial charge in [0, 0.05) is 23.3 Å². The maximum atomic E-state index is 13.0. The molecular weight excluding hydrogens is 365 g/mol. The highest BCUT2D eigenvalue weighted by molar-refractivity contribution is 8.00. The summed E-state index contributed by atoms with van der Waals surface area (Å²) in [6.07, 6.45) is 5.30. The van der Waals surface area contributed by atoms with Crippen LogP contribution < -0.4 is 10.3 Å². The molecule has 0 bridgehead atoms. The summed E-state index contributed by atoms with van der Waals surface area (Å²) in [5.41, 5.74) is 1.11. The molecule has 6 nitrogen and oxygen atoms in total. The number of hydrogen-bond donors (Lipinski definition) is 1. The van der Waals surface area contributed by atoms with Crippen molar-refractivity contribution in [2.75, 3.05) is 10.8 Å². The zero-order chi connectivity index (χ0) is 18.8. The molecule has 2 aliphatic rings. The van der Waals surface area contributed by atoms with Gasteiger partial charge in [-0.05, 0) is 49.8 Å². The van der Waals surface area contributed by atoms with Crippen molar-refractivity contribution in [1.82, 2.24) is 15.1 Å². The van der Waals surface area contributed by atoms with E-state index in [0.717, 1.165) is 50.0 Å². The van der Waals surface area contributed by atoms with Crippen molar-refractivity contribution >= 4 is 11.8 Å². The van der Waals surface area contributed by atoms with Crippen molar-refractivity contribution in [2.24, 2.45) is 0 Å². The molecule has 146 valence electrons. The van der Waals surface area contributed by atoms with Gasteiger partial charge in [0.25, 0.3) is 0 Å². The Kier molecular flexibility index (Phi) is 5.50. The van der Waals surface area contributed by atoms with Crippen LogP contribution in [0, 0.1) is 17.1 Å². The summed E-state index contributed by atoms with van der Waals surface area (Å²) >= 11 is 1.83. The molecule has 2 fully saturated rings. The molecule has 0 amide bonds. The molecule has 0 spiro atoms. The second-order valence-electron chi connectivity index (χ2n) is 7.37. The van der Waals surface area contributed by atoms with Crippen LogP contribution in [-0.4, -0.2) is 33.0 Å². The first-order valence-electron chi connectivity index (χ1n) is 9.74. The summed E-state index contributed by atoms with van der Waals surface area (Å²) in [5, 5.41) is 15.4. The molecule has 1 aromatic carbocycles. The highest BCUT2D eigenvalue weighted by Crippen LogP contribution is 2.35. The maximum Gasteiger partial charge on any atom is 0.147 e. The van der Waals surface area contributed by atoms with Crippen molar-refractivity contribution in [2.45, 2.75) is 69.1 Å². The average Bonchev–Trinajstić information content (AvgIpc) is 3.38. The van der Waals surface area contributed by atoms with Crippen LogP contribution >= 0.6 is 11.8 Å². The van der Waals surface area contributed by atoms with Gasteiger partial charge >= 0.3 is 0 Å². The summed E-state index contributed by atoms with van der Waals surface area (Å²) in [7, 11) is 0. The zero-order valence-corrected chi connectivity index (χ0v) is 16.4. The van der Waals surface area contributed by atoms with E-state index in [-0.39, 0.29) is 11.9 Å². The highest BCUT2D eigenvalue weighted by Gasteiger charge is 2.40. The van der Waals surface area contributed by atoms with E-state index in [1.165, 1.54) is 12.1 Å². The average molecular weight is 392 g/mol. The lowest BCUT2D eigenvalue weighted by Crippen LogP contribution is -2.43. The van der Waals surface area contributed by atoms with Crippen LogP contribution in [0.15, 0.2) is 28.9 Å². The summed E-state index contributed by atoms with van der Waals surface area (Å²) in [6, 6.07) is 9.82. The number of nitrogens with zero attached hydrogens (tertiary/aromatic N) is 4. The minimum Gasteiger partial charge on any atom is -0.310 e. The first kappa shape index (κ1) is 18.5. The third-order valence-corrected chi connectivity index (χ3v) is 7.02. The normalized spacial score (nSPS) is 28.6. The predicted molar refractivity (Wildman–Crippen MR) is 103 cm³/mol. The van der Waals surface area contributed by atoms with Gasteiger partial charge in [0.2, 0.25) is 0 Å². The van der Waals surface area contributed by atoms with Crippen molar-refractivity contribution in [1.29, 1.82) is 5.26 Å². The third kappa shape index (κ3) is 4.04. The molecule has 2 unspecified atom stereocenters. The Balaban J connectivity index is 1.27. The Hall–Kier alpha value is -1.85. The number of benzene rings is 1. The van der Waals surface area contributed by atoms with Crippen molar-refractivity contribution in [3.63, 3.8) is 0 Å². The van der Waals surface area contributed by atoms with Gasteiger partial charge in [0.1, 0.15) is 11.9 Å². The Labute approximate surface area is 163 Å². The molecule has 4 rings (SSSR count). The number of thioether (sulfide) groups is 1. The summed E-state index contributed by atoms with van der Waals surface area (Å²) in [5.74, 6) is 0.644. The molecule has 1 saturated carbocycles. The highest BCUT2D eigenvalue weighted by atomic mass is 32.2. The number of nitriles is 1. The van der Waals surface area contributed by atoms with Crippen LogP contribution in [0.25, 0.3) is 0 Å². The number of hydrogen-bond acceptors (Lipinski definition) is 5. The SMILES string of the molecule is CCC1SCC(C#N)N1n1on1C1CCC(NCc2ccc(F)cc2)CC1. The van der Waals surface area contributed by atoms with Crippen molar-refractivity contribution in [3.8, 4) is 6.07 Å². The van der Waals surface area contributed by atoms with Crippen molar-refractivity contribution < 1.29 is 9.02 Å². The molecule has 8 heteroatoms. The summed E-state index contributed by atoms with van der Waals surface area (Å²) in [4.78, 5) is 3.77. The molecule has 27 heavy (non-hydrogen) atoms. The monoisotopic (exact) mass is 391 g/mol. The fourth-order valence-corrected chi connectivity index (χ4v) is 5.21. The topological polar surface area (TPSA) is 62.1 Å². The number of halogens is 1. The summed E-state index contributed by atoms with van der Waals surface area (Å²) < 4.78 is 18.7. The van der Waals surface area contributed by atoms with Gasteiger partial charge in [0.15, 0.2) is 0 Å². The lowest BCUT2D eigenvalue weighted by atomic mass is 9.91. The second-order valence-corrected chi connectivity index (χ2v) is 8.58. The summed E-state index contributed by atoms with van der Waals surface area (Å²) in [6.45, 7) is 2.92. The molecule has 1 saturated heterocycles. The van der Waals surface area contributed by atoms with E-state index in [4.69, 9.17) is 4.63 Å². The van der Waals surface area contributed by atoms with Gasteiger partial charge in [-0.25, -0.2) is 14.0 Å². The minimum absolute atomic E-state index is 0.112. The molecule has 2 heterocycles. The molecule has 0 radical (unpaired) electrons. The number of aromatic nitrogens is 2. The molecule has 1 N–H and O–H groups in total. The lowest BCUT2D eigenvalue weighted by Gasteiger charge is -2.27. The van der Waals surface area contributed by atoms with Gasteiger partial charge in [-0.2, -0.15) is 5.26 Å². The van der Waals surface area contributed by atoms with Gasteiger partial charge in [-0.3, -0.25) is 0 Å². The van der Waals surface area contributed by atoms with E-state index >= 15 is 0 Å². The zero-order valence-electron chi connectivity index (χ0n) is 15.6. The second kappa shape index (κ2) is 8.03. The fraction of sp³-hybridized carbons (Fsp3) is 0.632. The van der Waals surface area contributed by atoms with E-state index in [1.807, 2.05) is 33.7 Å². The molecule has 1 aliphatic heterocycles. The molecular formula is C19H26FN5OS. The Bertz CT molecular complexity index is 768. The van der Waals surface area contributed by atoms with E-state index in [2.05, 4.69) is 23.3 Å². The van der Waals surface area contributed by atoms with Gasteiger partial charge in [-0.15, -0.1) is 11.8 Å². The third-order valence-electron chi connectivity index (χ3n) is 5.57. The van der Waals surface area contributed by atoms with Crippen LogP contribution in [0.1, 0.15) is 50.6 Å². The van der Waals surface area contributed by atoms with E-state index in [0.29, 0.717) is 17.5 Å². The van der Waals surface area contributed by atoms with Crippen LogP contribution in [-0.2, 0) is 6.54 Å². The predicted octanol–water partition coefficient (Wildman–Crippen LogP) is 3.61. The van der Waals surface area contributed by atoms with E-state index in [1.54, 1.807) is 0 Å². The Morgan fingerprint density at radius 2 is 2.00 bits per heavy atom. The molecule has 1 aromatic heterocycles. The van der Waals surface area contributed by atoms with Gasteiger partial charge < -0.3 is 5.32 Å². The largest absolute Gasteiger partial charge is 0.310 e. The Morgan fingerprint density at radius 1 is 1.26 bits per heavy atom. The van der Waals surface area contributed by atoms with Gasteiger partial charge in [-0.1, -0.05) is 23.9 Å². The van der Waals surface area contributed by atoms with Crippen molar-refractivity contribution in [3.05, 3.63) is 35.6 Å². The van der Waals surface area contributed by atoms with Crippen LogP contribution in [0.3, 0.4) is 0 Å². The fourth-order valence-electron chi connectivity index (χ4n) is 3.96. The van der Waals surface area contributed by atoms with Crippen LogP contribution in [0.2, 0.25) is 0 Å². The van der Waals surface area contributed by atoms with E-state index in [9.17, 15) is 9.65 Å². The molecule has 2 atom stereocenters. The van der Waals surface area contributed by atoms with Crippen LogP contribution in [0.5, 0.6) is 0 Å². The standard InChI is InChI=1S/C19H26FN5OS/c1-2-19-23(18(11-21)13-27-19)25-24(26-25)17-9-7-16(8-10-17)22-12-14-3-5-15(20)6-4-14/h3-6,16-19,22H,2,7-10,12-13H2,1H3. The molecule has 1 aliphatic carbocycles. The first-order chi connectivity index (χ1) is 13.2. The quantitative estimate of drug-likeness (QED) is 0.815. The first-order valence-corrected chi connectivity index (χ1v) is 10.8. The molecule has 2 aromatic rings. The van der Waals surface area contributed by atoms with Crippen LogP contribution in [0.4, 0.5) is 4.39 Å². The number of nitrogens with one attached hydrogen (secondary N) is 1.